The smallest absolute Gasteiger partial charge is 0.243 e. The molecule has 1 aromatic heterocycles. The van der Waals surface area contributed by atoms with E-state index in [1.807, 2.05) is 30.3 Å². The molecule has 0 aliphatic carbocycles. The number of benzene rings is 1. The molecule has 4 amide bonds. The molecule has 9 N–H and O–H groups in total. The predicted octanol–water partition coefficient (Wildman–Crippen LogP) is -2.17. The second-order valence-corrected chi connectivity index (χ2v) is 8.38. The number of imidazole rings is 1. The molecule has 1 aliphatic rings. The first-order valence-electron chi connectivity index (χ1n) is 11.6. The number of hydrogen-bond acceptors (Lipinski definition) is 6. The maximum Gasteiger partial charge on any atom is 0.243 e. The summed E-state index contributed by atoms with van der Waals surface area (Å²) in [6.07, 6.45) is 3.91. The number of guanidine groups is 1. The number of rotatable bonds is 8. The molecule has 0 bridgehead atoms. The molecule has 0 saturated carbocycles. The summed E-state index contributed by atoms with van der Waals surface area (Å²) in [6.45, 7) is -0.0983. The number of aromatic nitrogens is 2. The van der Waals surface area contributed by atoms with E-state index in [0.29, 0.717) is 12.1 Å². The summed E-state index contributed by atoms with van der Waals surface area (Å²) in [5, 5.41) is 10.6. The Kier molecular flexibility index (Phi) is 9.37. The van der Waals surface area contributed by atoms with Crippen LogP contribution in [0.2, 0.25) is 0 Å². The number of aromatic amines is 1. The predicted molar refractivity (Wildman–Crippen MR) is 131 cm³/mol. The van der Waals surface area contributed by atoms with Gasteiger partial charge in [-0.2, -0.15) is 0 Å². The molecule has 1 aromatic carbocycles. The number of nitrogens with two attached hydrogens (primary N) is 2. The van der Waals surface area contributed by atoms with Crippen LogP contribution in [0.5, 0.6) is 0 Å². The van der Waals surface area contributed by atoms with Crippen LogP contribution >= 0.6 is 0 Å². The number of nitrogens with one attached hydrogen (secondary N) is 5. The van der Waals surface area contributed by atoms with Gasteiger partial charge in [0.25, 0.3) is 0 Å². The van der Waals surface area contributed by atoms with E-state index in [9.17, 15) is 19.2 Å². The molecule has 13 nitrogen and oxygen atoms in total. The zero-order valence-electron chi connectivity index (χ0n) is 19.7. The second kappa shape index (κ2) is 12.9. The van der Waals surface area contributed by atoms with Gasteiger partial charge in [-0.15, -0.1) is 0 Å². The molecule has 192 valence electrons. The van der Waals surface area contributed by atoms with Gasteiger partial charge in [0, 0.05) is 31.3 Å². The lowest BCUT2D eigenvalue weighted by molar-refractivity contribution is -0.135. The van der Waals surface area contributed by atoms with Crippen molar-refractivity contribution in [3.63, 3.8) is 0 Å². The van der Waals surface area contributed by atoms with Crippen molar-refractivity contribution in [2.75, 3.05) is 13.1 Å². The molecular weight excluding hydrogens is 466 g/mol. The van der Waals surface area contributed by atoms with Gasteiger partial charge in [-0.05, 0) is 18.4 Å². The van der Waals surface area contributed by atoms with Crippen LogP contribution in [0.15, 0.2) is 47.8 Å². The van der Waals surface area contributed by atoms with Gasteiger partial charge in [0.15, 0.2) is 5.96 Å². The van der Waals surface area contributed by atoms with Crippen molar-refractivity contribution in [1.82, 2.24) is 31.2 Å². The van der Waals surface area contributed by atoms with Crippen molar-refractivity contribution in [3.8, 4) is 0 Å². The average molecular weight is 498 g/mol. The van der Waals surface area contributed by atoms with Crippen LogP contribution in [0.3, 0.4) is 0 Å². The lowest BCUT2D eigenvalue weighted by Crippen LogP contribution is -2.60. The van der Waals surface area contributed by atoms with Gasteiger partial charge in [0.1, 0.15) is 18.1 Å². The van der Waals surface area contributed by atoms with Crippen LogP contribution < -0.4 is 32.7 Å². The normalized spacial score (nSPS) is 21.2. The Morgan fingerprint density at radius 2 is 1.61 bits per heavy atom. The number of nitrogens with zero attached hydrogens (tertiary/aromatic N) is 2. The molecule has 2 heterocycles. The zero-order valence-corrected chi connectivity index (χ0v) is 19.7. The van der Waals surface area contributed by atoms with Crippen LogP contribution in [0, 0.1) is 0 Å². The van der Waals surface area contributed by atoms with Crippen molar-refractivity contribution < 1.29 is 19.2 Å². The fourth-order valence-corrected chi connectivity index (χ4v) is 3.74. The summed E-state index contributed by atoms with van der Waals surface area (Å²) in [6, 6.07) is 6.21. The monoisotopic (exact) mass is 497 g/mol. The van der Waals surface area contributed by atoms with E-state index in [1.165, 1.54) is 12.5 Å². The molecule has 1 saturated heterocycles. The molecular formula is C23H31N9O4. The first kappa shape index (κ1) is 26.2. The molecule has 36 heavy (non-hydrogen) atoms. The van der Waals surface area contributed by atoms with Gasteiger partial charge in [0.05, 0.1) is 12.9 Å². The largest absolute Gasteiger partial charge is 0.370 e. The fourth-order valence-electron chi connectivity index (χ4n) is 3.74. The van der Waals surface area contributed by atoms with Gasteiger partial charge in [-0.3, -0.25) is 24.2 Å². The molecule has 13 heteroatoms. The number of amides is 4. The number of H-pyrrole nitrogens is 1. The minimum Gasteiger partial charge on any atom is -0.370 e. The van der Waals surface area contributed by atoms with Gasteiger partial charge in [-0.1, -0.05) is 30.3 Å². The number of carbonyl (C=O) groups excluding carboxylic acids is 4. The van der Waals surface area contributed by atoms with E-state index in [4.69, 9.17) is 11.5 Å². The highest BCUT2D eigenvalue weighted by atomic mass is 16.2. The fraction of sp³-hybridized carbons (Fsp3) is 0.391. The van der Waals surface area contributed by atoms with Crippen LogP contribution in [0.25, 0.3) is 0 Å². The van der Waals surface area contributed by atoms with Gasteiger partial charge < -0.3 is 37.7 Å². The summed E-state index contributed by atoms with van der Waals surface area (Å²) >= 11 is 0. The van der Waals surface area contributed by atoms with E-state index in [1.54, 1.807) is 0 Å². The maximum atomic E-state index is 13.2. The Hall–Kier alpha value is -4.42. The quantitative estimate of drug-likeness (QED) is 0.122. The Bertz CT molecular complexity index is 1070. The molecule has 1 aliphatic heterocycles. The number of hydrogen-bond donors (Lipinski definition) is 7. The van der Waals surface area contributed by atoms with Crippen LogP contribution in [0.1, 0.15) is 24.1 Å². The highest BCUT2D eigenvalue weighted by Gasteiger charge is 2.31. The third-order valence-electron chi connectivity index (χ3n) is 5.55. The SMILES string of the molecule is NC(N)=NCCC[C@@H]1NC(=O)[C@H](Cc2ccccc2)NC(=O)CNC(=O)[C@H](Cc2cnc[nH]2)NC1=O. The molecule has 3 atom stereocenters. The molecule has 0 spiro atoms. The van der Waals surface area contributed by atoms with Crippen molar-refractivity contribution in [1.29, 1.82) is 0 Å². The van der Waals surface area contributed by atoms with Crippen molar-refractivity contribution in [3.05, 3.63) is 54.1 Å². The molecule has 0 radical (unpaired) electrons. The standard InChI is InChI=1S/C23H31N9O4/c24-23(25)27-8-4-7-16-21(35)32-18(10-15-11-26-13-29-15)20(34)28-12-19(33)30-17(22(36)31-16)9-14-5-2-1-3-6-14/h1-3,5-6,11,13,16-18H,4,7-10,12H2,(H,26,29)(H,28,34)(H,30,33)(H,31,36)(H,32,35)(H4,24,25,27)/t16-,17-,18-/m0/s1. The van der Waals surface area contributed by atoms with Crippen LogP contribution in [0.4, 0.5) is 0 Å². The van der Waals surface area contributed by atoms with Crippen LogP contribution in [-0.4, -0.2) is 70.8 Å². The maximum absolute atomic E-state index is 13.2. The van der Waals surface area contributed by atoms with Crippen molar-refractivity contribution >= 4 is 29.6 Å². The Labute approximate surface area is 207 Å². The highest BCUT2D eigenvalue weighted by molar-refractivity contribution is 5.96. The summed E-state index contributed by atoms with van der Waals surface area (Å²) in [5.74, 6) is -2.22. The summed E-state index contributed by atoms with van der Waals surface area (Å²) < 4.78 is 0. The molecule has 1 fully saturated rings. The first-order chi connectivity index (χ1) is 17.3. The third-order valence-corrected chi connectivity index (χ3v) is 5.55. The molecule has 3 rings (SSSR count). The van der Waals surface area contributed by atoms with Gasteiger partial charge in [-0.25, -0.2) is 4.98 Å². The lowest BCUT2D eigenvalue weighted by Gasteiger charge is -2.26. The summed E-state index contributed by atoms with van der Waals surface area (Å²) in [5.41, 5.74) is 12.2. The van der Waals surface area contributed by atoms with Crippen molar-refractivity contribution in [2.45, 2.75) is 43.8 Å². The topological polar surface area (TPSA) is 209 Å². The number of carbonyl (C=O) groups is 4. The van der Waals surface area contributed by atoms with E-state index < -0.39 is 41.8 Å². The Morgan fingerprint density at radius 1 is 0.917 bits per heavy atom. The Morgan fingerprint density at radius 3 is 2.31 bits per heavy atom. The first-order valence-corrected chi connectivity index (χ1v) is 11.6. The molecule has 2 aromatic rings. The van der Waals surface area contributed by atoms with E-state index >= 15 is 0 Å². The van der Waals surface area contributed by atoms with E-state index in [-0.39, 0.29) is 38.3 Å². The third kappa shape index (κ3) is 8.11. The molecule has 0 unspecified atom stereocenters. The average Bonchev–Trinajstić information content (AvgIpc) is 3.36. The zero-order chi connectivity index (χ0) is 25.9. The summed E-state index contributed by atoms with van der Waals surface area (Å²) in [7, 11) is 0. The highest BCUT2D eigenvalue weighted by Crippen LogP contribution is 2.07. The van der Waals surface area contributed by atoms with E-state index in [2.05, 4.69) is 36.2 Å². The lowest BCUT2D eigenvalue weighted by atomic mass is 10.0. The van der Waals surface area contributed by atoms with Gasteiger partial charge >= 0.3 is 0 Å². The van der Waals surface area contributed by atoms with Crippen molar-refractivity contribution in [2.24, 2.45) is 16.5 Å². The van der Waals surface area contributed by atoms with E-state index in [0.717, 1.165) is 5.56 Å². The minimum atomic E-state index is -0.998. The summed E-state index contributed by atoms with van der Waals surface area (Å²) in [4.78, 5) is 62.6. The van der Waals surface area contributed by atoms with Crippen LogP contribution in [-0.2, 0) is 32.0 Å². The number of aliphatic imine (C=N–C) groups is 1. The Balaban J connectivity index is 1.82. The second-order valence-electron chi connectivity index (χ2n) is 8.38. The van der Waals surface area contributed by atoms with Gasteiger partial charge in [0.2, 0.25) is 23.6 Å². The minimum absolute atomic E-state index is 0.0795.